The van der Waals surface area contributed by atoms with E-state index in [9.17, 15) is 22.4 Å². The quantitative estimate of drug-likeness (QED) is 0.393. The van der Waals surface area contributed by atoms with Crippen molar-refractivity contribution >= 4 is 34.3 Å². The average molecular weight is 506 g/mol. The Morgan fingerprint density at radius 2 is 1.92 bits per heavy atom. The summed E-state index contributed by atoms with van der Waals surface area (Å²) >= 11 is 0. The molecule has 0 aliphatic carbocycles. The lowest BCUT2D eigenvalue weighted by molar-refractivity contribution is -0.137. The lowest BCUT2D eigenvalue weighted by atomic mass is 10.0. The number of aryl methyl sites for hydroxylation is 1. The van der Waals surface area contributed by atoms with Gasteiger partial charge in [-0.05, 0) is 50.1 Å². The van der Waals surface area contributed by atoms with E-state index in [-0.39, 0.29) is 29.3 Å². The van der Waals surface area contributed by atoms with Crippen LogP contribution < -0.4 is 16.0 Å². The van der Waals surface area contributed by atoms with Crippen molar-refractivity contribution in [3.05, 3.63) is 46.8 Å². The molecule has 0 spiro atoms. The molecule has 36 heavy (non-hydrogen) atoms. The van der Waals surface area contributed by atoms with Gasteiger partial charge in [0.2, 0.25) is 0 Å². The molecule has 1 fully saturated rings. The van der Waals surface area contributed by atoms with Gasteiger partial charge < -0.3 is 20.9 Å². The fraction of sp³-hybridized carbons (Fsp3) is 0.417. The first kappa shape index (κ1) is 25.4. The van der Waals surface area contributed by atoms with Crippen molar-refractivity contribution in [2.45, 2.75) is 38.7 Å². The second-order valence-electron chi connectivity index (χ2n) is 9.13. The van der Waals surface area contributed by atoms with Gasteiger partial charge in [-0.15, -0.1) is 0 Å². The SMILES string of the molecule is Cc1nc(N[C@H](C)c2cc(N)cc(C(F)(F)F)c2)c2cc(C(=O)N(C)C)c(N3CC[C@H](F)C3)nc2n1. The number of nitrogens with zero attached hydrogens (tertiary/aromatic N) is 5. The van der Waals surface area contributed by atoms with Gasteiger partial charge in [0.15, 0.2) is 5.65 Å². The van der Waals surface area contributed by atoms with Gasteiger partial charge in [0.25, 0.3) is 5.91 Å². The van der Waals surface area contributed by atoms with Gasteiger partial charge in [0.05, 0.1) is 29.1 Å². The first-order valence-electron chi connectivity index (χ1n) is 11.4. The number of alkyl halides is 4. The number of hydrogen-bond acceptors (Lipinski definition) is 7. The summed E-state index contributed by atoms with van der Waals surface area (Å²) in [5.41, 5.74) is 5.72. The van der Waals surface area contributed by atoms with E-state index in [0.29, 0.717) is 41.4 Å². The van der Waals surface area contributed by atoms with Crippen LogP contribution in [0.1, 0.15) is 46.7 Å². The Kier molecular flexibility index (Phi) is 6.63. The number of hydrogen-bond donors (Lipinski definition) is 2. The van der Waals surface area contributed by atoms with Gasteiger partial charge >= 0.3 is 6.18 Å². The number of aromatic nitrogens is 3. The van der Waals surface area contributed by atoms with Crippen molar-refractivity contribution in [2.75, 3.05) is 43.1 Å². The first-order valence-corrected chi connectivity index (χ1v) is 11.4. The van der Waals surface area contributed by atoms with Crippen molar-refractivity contribution in [1.82, 2.24) is 19.9 Å². The van der Waals surface area contributed by atoms with E-state index in [1.807, 2.05) is 0 Å². The van der Waals surface area contributed by atoms with E-state index in [4.69, 9.17) is 5.73 Å². The van der Waals surface area contributed by atoms with Crippen molar-refractivity contribution in [1.29, 1.82) is 0 Å². The van der Waals surface area contributed by atoms with Gasteiger partial charge in [-0.2, -0.15) is 13.2 Å². The van der Waals surface area contributed by atoms with E-state index in [2.05, 4.69) is 20.3 Å². The highest BCUT2D eigenvalue weighted by atomic mass is 19.4. The third-order valence-electron chi connectivity index (χ3n) is 6.00. The second kappa shape index (κ2) is 9.40. The van der Waals surface area contributed by atoms with Crippen LogP contribution in [0.3, 0.4) is 0 Å². The summed E-state index contributed by atoms with van der Waals surface area (Å²) in [6, 6.07) is 4.35. The molecule has 8 nitrogen and oxygen atoms in total. The van der Waals surface area contributed by atoms with Crippen LogP contribution in [0.4, 0.5) is 34.9 Å². The van der Waals surface area contributed by atoms with Crippen molar-refractivity contribution in [3.8, 4) is 0 Å². The Labute approximate surface area is 205 Å². The number of fused-ring (bicyclic) bond motifs is 1. The van der Waals surface area contributed by atoms with E-state index < -0.39 is 24.0 Å². The summed E-state index contributed by atoms with van der Waals surface area (Å²) in [5, 5.41) is 3.54. The van der Waals surface area contributed by atoms with Gasteiger partial charge in [-0.1, -0.05) is 0 Å². The monoisotopic (exact) mass is 505 g/mol. The first-order chi connectivity index (χ1) is 16.8. The Morgan fingerprint density at radius 3 is 2.53 bits per heavy atom. The molecule has 4 rings (SSSR count). The number of benzene rings is 1. The van der Waals surface area contributed by atoms with Gasteiger partial charge in [0, 0.05) is 26.3 Å². The number of nitrogen functional groups attached to an aromatic ring is 1. The molecule has 0 unspecified atom stereocenters. The minimum atomic E-state index is -4.54. The molecule has 3 aromatic rings. The third kappa shape index (κ3) is 5.12. The number of halogens is 4. The maximum atomic E-state index is 13.9. The molecular formula is C24H27F4N7O. The van der Waals surface area contributed by atoms with Crippen LogP contribution >= 0.6 is 0 Å². The Bertz CT molecular complexity index is 1310. The topological polar surface area (TPSA) is 100 Å². The zero-order valence-corrected chi connectivity index (χ0v) is 20.3. The Balaban J connectivity index is 1.80. The van der Waals surface area contributed by atoms with Crippen LogP contribution in [0.15, 0.2) is 24.3 Å². The Morgan fingerprint density at radius 1 is 1.19 bits per heavy atom. The fourth-order valence-electron chi connectivity index (χ4n) is 4.19. The number of carbonyl (C=O) groups is 1. The van der Waals surface area contributed by atoms with Crippen LogP contribution in [0.25, 0.3) is 11.0 Å². The van der Waals surface area contributed by atoms with Crippen LogP contribution in [0.2, 0.25) is 0 Å². The predicted molar refractivity (Wildman–Crippen MR) is 130 cm³/mol. The zero-order chi connectivity index (χ0) is 26.4. The zero-order valence-electron chi connectivity index (χ0n) is 20.3. The summed E-state index contributed by atoms with van der Waals surface area (Å²) in [4.78, 5) is 29.6. The molecule has 1 amide bonds. The van der Waals surface area contributed by atoms with Crippen LogP contribution in [0, 0.1) is 6.92 Å². The van der Waals surface area contributed by atoms with Crippen molar-refractivity contribution < 1.29 is 22.4 Å². The lowest BCUT2D eigenvalue weighted by Gasteiger charge is -2.23. The fourth-order valence-corrected chi connectivity index (χ4v) is 4.19. The average Bonchev–Trinajstić information content (AvgIpc) is 3.22. The molecule has 0 bridgehead atoms. The summed E-state index contributed by atoms with van der Waals surface area (Å²) in [6.07, 6.45) is -5.23. The number of nitrogens with one attached hydrogen (secondary N) is 1. The normalized spacial score (nSPS) is 16.9. The van der Waals surface area contributed by atoms with Crippen molar-refractivity contribution in [2.24, 2.45) is 0 Å². The molecule has 1 aliphatic heterocycles. The molecular weight excluding hydrogens is 478 g/mol. The van der Waals surface area contributed by atoms with Crippen LogP contribution in [-0.4, -0.2) is 59.1 Å². The molecule has 2 atom stereocenters. The summed E-state index contributed by atoms with van der Waals surface area (Å²) in [7, 11) is 3.20. The number of amides is 1. The molecule has 12 heteroatoms. The second-order valence-corrected chi connectivity index (χ2v) is 9.13. The molecule has 1 aromatic carbocycles. The standard InChI is InChI=1S/C24H27F4N7O/c1-12(14-7-15(24(26,27)28)9-17(29)8-14)30-20-18-10-19(23(36)34(3)4)22(35-6-5-16(25)11-35)33-21(18)32-13(2)31-20/h7-10,12,16H,5-6,11,29H2,1-4H3,(H,30,31,32,33)/t12-,16+/m1/s1. The summed E-state index contributed by atoms with van der Waals surface area (Å²) < 4.78 is 53.9. The van der Waals surface area contributed by atoms with E-state index in [0.717, 1.165) is 12.1 Å². The molecule has 3 N–H and O–H groups in total. The molecule has 192 valence electrons. The van der Waals surface area contributed by atoms with Crippen LogP contribution in [-0.2, 0) is 6.18 Å². The highest BCUT2D eigenvalue weighted by Crippen LogP contribution is 2.35. The predicted octanol–water partition coefficient (Wildman–Crippen LogP) is 4.36. The molecule has 2 aromatic heterocycles. The highest BCUT2D eigenvalue weighted by Gasteiger charge is 2.32. The van der Waals surface area contributed by atoms with Gasteiger partial charge in [-0.3, -0.25) is 4.79 Å². The number of rotatable bonds is 5. The molecule has 0 radical (unpaired) electrons. The number of pyridine rings is 1. The minimum absolute atomic E-state index is 0.0147. The summed E-state index contributed by atoms with van der Waals surface area (Å²) in [6.45, 7) is 3.87. The maximum absolute atomic E-state index is 13.9. The lowest BCUT2D eigenvalue weighted by Crippen LogP contribution is -2.28. The van der Waals surface area contributed by atoms with Gasteiger partial charge in [0.1, 0.15) is 23.6 Å². The summed E-state index contributed by atoms with van der Waals surface area (Å²) in [5.74, 6) is 0.685. The largest absolute Gasteiger partial charge is 0.416 e. The number of nitrogens with two attached hydrogens (primary N) is 1. The molecule has 1 aliphatic rings. The Hall–Kier alpha value is -3.70. The van der Waals surface area contributed by atoms with Crippen LogP contribution in [0.5, 0.6) is 0 Å². The minimum Gasteiger partial charge on any atom is -0.399 e. The molecule has 0 saturated carbocycles. The molecule has 1 saturated heterocycles. The smallest absolute Gasteiger partial charge is 0.399 e. The molecule has 3 heterocycles. The maximum Gasteiger partial charge on any atom is 0.416 e. The van der Waals surface area contributed by atoms with Gasteiger partial charge in [-0.25, -0.2) is 19.3 Å². The highest BCUT2D eigenvalue weighted by molar-refractivity contribution is 6.03. The van der Waals surface area contributed by atoms with E-state index >= 15 is 0 Å². The number of carbonyl (C=O) groups excluding carboxylic acids is 1. The van der Waals surface area contributed by atoms with Crippen molar-refractivity contribution in [3.63, 3.8) is 0 Å². The van der Waals surface area contributed by atoms with E-state index in [1.54, 1.807) is 38.9 Å². The number of anilines is 3. The van der Waals surface area contributed by atoms with E-state index in [1.165, 1.54) is 11.0 Å². The third-order valence-corrected chi connectivity index (χ3v) is 6.00.